The lowest BCUT2D eigenvalue weighted by molar-refractivity contribution is -0.169. The summed E-state index contributed by atoms with van der Waals surface area (Å²) in [6.07, 6.45) is 0.431. The van der Waals surface area contributed by atoms with E-state index < -0.39 is 12.0 Å². The highest BCUT2D eigenvalue weighted by molar-refractivity contribution is 5.95. The van der Waals surface area contributed by atoms with Gasteiger partial charge in [0.15, 0.2) is 6.04 Å². The zero-order valence-electron chi connectivity index (χ0n) is 6.44. The van der Waals surface area contributed by atoms with E-state index in [0.29, 0.717) is 6.41 Å². The van der Waals surface area contributed by atoms with Gasteiger partial charge in [0.05, 0.1) is 13.5 Å². The summed E-state index contributed by atoms with van der Waals surface area (Å²) < 4.78 is 4.39. The van der Waals surface area contributed by atoms with Gasteiger partial charge in [-0.2, -0.15) is 0 Å². The zero-order chi connectivity index (χ0) is 9.14. The number of carbonyl (C=O) groups excluding carboxylic acids is 3. The van der Waals surface area contributed by atoms with E-state index in [1.807, 2.05) is 0 Å². The molecule has 1 atom stereocenters. The number of rotatable bonds is 3. The first kappa shape index (κ1) is 8.51. The Balaban J connectivity index is 2.53. The minimum atomic E-state index is -0.660. The molecule has 66 valence electrons. The number of amides is 2. The number of nitrogens with zero attached hydrogens (tertiary/aromatic N) is 1. The van der Waals surface area contributed by atoms with Crippen LogP contribution in [0, 0.1) is 0 Å². The molecule has 1 unspecified atom stereocenters. The Morgan fingerprint density at radius 1 is 1.83 bits per heavy atom. The standard InChI is InChI=1S/C6H8N2O4/c1-12-6(11)4-2-5(10)8(4)7-3-9/h3-4H,2H2,1H3,(H,7,9). The van der Waals surface area contributed by atoms with Crippen molar-refractivity contribution in [2.24, 2.45) is 0 Å². The quantitative estimate of drug-likeness (QED) is 0.317. The average molecular weight is 172 g/mol. The van der Waals surface area contributed by atoms with Gasteiger partial charge >= 0.3 is 5.97 Å². The number of β-lactam (4-membered cyclic amide) rings is 1. The number of carbonyl (C=O) groups is 3. The van der Waals surface area contributed by atoms with Crippen molar-refractivity contribution >= 4 is 18.3 Å². The summed E-state index contributed by atoms with van der Waals surface area (Å²) in [7, 11) is 1.23. The summed E-state index contributed by atoms with van der Waals surface area (Å²) in [6.45, 7) is 0. The number of nitrogens with one attached hydrogen (secondary N) is 1. The fourth-order valence-corrected chi connectivity index (χ4v) is 0.960. The van der Waals surface area contributed by atoms with Crippen molar-refractivity contribution in [3.05, 3.63) is 0 Å². The second-order valence-electron chi connectivity index (χ2n) is 2.25. The highest BCUT2D eigenvalue weighted by Gasteiger charge is 2.42. The van der Waals surface area contributed by atoms with Gasteiger partial charge in [0.1, 0.15) is 0 Å². The predicted molar refractivity (Wildman–Crippen MR) is 36.5 cm³/mol. The van der Waals surface area contributed by atoms with E-state index in [4.69, 9.17) is 0 Å². The number of esters is 1. The molecule has 1 aliphatic heterocycles. The van der Waals surface area contributed by atoms with Crippen LogP contribution in [0.4, 0.5) is 0 Å². The lowest BCUT2D eigenvalue weighted by Crippen LogP contribution is -2.62. The molecule has 0 bridgehead atoms. The molecule has 1 rings (SSSR count). The SMILES string of the molecule is COC(=O)C1CC(=O)N1NC=O. The van der Waals surface area contributed by atoms with Crippen LogP contribution in [0.25, 0.3) is 0 Å². The maximum Gasteiger partial charge on any atom is 0.331 e. The Morgan fingerprint density at radius 3 is 2.92 bits per heavy atom. The predicted octanol–water partition coefficient (Wildman–Crippen LogP) is -1.58. The smallest absolute Gasteiger partial charge is 0.331 e. The molecule has 1 saturated heterocycles. The maximum absolute atomic E-state index is 10.9. The number of hydrogen-bond donors (Lipinski definition) is 1. The number of ether oxygens (including phenoxy) is 1. The summed E-state index contributed by atoms with van der Waals surface area (Å²) in [5, 5.41) is 0.943. The summed E-state index contributed by atoms with van der Waals surface area (Å²) in [5.74, 6) is -0.818. The third-order valence-electron chi connectivity index (χ3n) is 1.61. The van der Waals surface area contributed by atoms with Crippen molar-refractivity contribution in [2.45, 2.75) is 12.5 Å². The number of hydrazine groups is 1. The highest BCUT2D eigenvalue weighted by Crippen LogP contribution is 2.16. The fraction of sp³-hybridized carbons (Fsp3) is 0.500. The Bertz CT molecular complexity index is 228. The van der Waals surface area contributed by atoms with Gasteiger partial charge in [-0.3, -0.25) is 15.0 Å². The molecular formula is C6H8N2O4. The zero-order valence-corrected chi connectivity index (χ0v) is 6.44. The maximum atomic E-state index is 10.9. The van der Waals surface area contributed by atoms with Gasteiger partial charge in [0, 0.05) is 0 Å². The average Bonchev–Trinajstić information content (AvgIpc) is 2.09. The van der Waals surface area contributed by atoms with Gasteiger partial charge in [-0.25, -0.2) is 9.80 Å². The van der Waals surface area contributed by atoms with Crippen LogP contribution < -0.4 is 5.43 Å². The third kappa shape index (κ3) is 1.23. The van der Waals surface area contributed by atoms with Gasteiger partial charge in [0.25, 0.3) is 0 Å². The van der Waals surface area contributed by atoms with Crippen LogP contribution in [-0.2, 0) is 19.1 Å². The van der Waals surface area contributed by atoms with Crippen molar-refractivity contribution < 1.29 is 19.1 Å². The molecule has 0 aromatic rings. The van der Waals surface area contributed by atoms with Gasteiger partial charge in [0.2, 0.25) is 12.3 Å². The summed E-state index contributed by atoms with van der Waals surface area (Å²) in [5.41, 5.74) is 2.10. The molecule has 1 heterocycles. The first-order valence-corrected chi connectivity index (χ1v) is 3.30. The van der Waals surface area contributed by atoms with Crippen molar-refractivity contribution in [1.29, 1.82) is 0 Å². The Morgan fingerprint density at radius 2 is 2.50 bits per heavy atom. The van der Waals surface area contributed by atoms with E-state index in [2.05, 4.69) is 10.2 Å². The van der Waals surface area contributed by atoms with E-state index in [9.17, 15) is 14.4 Å². The van der Waals surface area contributed by atoms with Crippen LogP contribution in [0.1, 0.15) is 6.42 Å². The minimum absolute atomic E-state index is 0.0908. The molecule has 1 N–H and O–H groups in total. The summed E-state index contributed by atoms with van der Waals surface area (Å²) >= 11 is 0. The summed E-state index contributed by atoms with van der Waals surface area (Å²) in [4.78, 5) is 31.6. The highest BCUT2D eigenvalue weighted by atomic mass is 16.5. The van der Waals surface area contributed by atoms with E-state index in [0.717, 1.165) is 5.01 Å². The molecule has 2 amide bonds. The normalized spacial score (nSPS) is 21.2. The van der Waals surface area contributed by atoms with Gasteiger partial charge in [-0.1, -0.05) is 0 Å². The Labute approximate surface area is 68.4 Å². The molecule has 1 fully saturated rings. The molecule has 0 aromatic heterocycles. The molecule has 12 heavy (non-hydrogen) atoms. The van der Waals surface area contributed by atoms with Crippen molar-refractivity contribution in [3.63, 3.8) is 0 Å². The molecule has 0 spiro atoms. The van der Waals surface area contributed by atoms with Crippen LogP contribution in [0.5, 0.6) is 0 Å². The monoisotopic (exact) mass is 172 g/mol. The Hall–Kier alpha value is -1.59. The van der Waals surface area contributed by atoms with Crippen LogP contribution in [0.3, 0.4) is 0 Å². The van der Waals surface area contributed by atoms with Crippen LogP contribution in [0.2, 0.25) is 0 Å². The minimum Gasteiger partial charge on any atom is -0.467 e. The van der Waals surface area contributed by atoms with E-state index in [1.54, 1.807) is 0 Å². The molecule has 0 radical (unpaired) electrons. The van der Waals surface area contributed by atoms with Crippen molar-refractivity contribution in [2.75, 3.05) is 7.11 Å². The molecule has 6 heteroatoms. The second-order valence-corrected chi connectivity index (χ2v) is 2.25. The van der Waals surface area contributed by atoms with E-state index >= 15 is 0 Å². The number of hydrogen-bond acceptors (Lipinski definition) is 4. The number of methoxy groups -OCH3 is 1. The first-order valence-electron chi connectivity index (χ1n) is 3.30. The molecule has 6 nitrogen and oxygen atoms in total. The summed E-state index contributed by atoms with van der Waals surface area (Å²) in [6, 6.07) is -0.660. The Kier molecular flexibility index (Phi) is 2.27. The largest absolute Gasteiger partial charge is 0.467 e. The lowest BCUT2D eigenvalue weighted by Gasteiger charge is -2.36. The fourth-order valence-electron chi connectivity index (χ4n) is 0.960. The second kappa shape index (κ2) is 3.21. The molecular weight excluding hydrogens is 164 g/mol. The van der Waals surface area contributed by atoms with E-state index in [1.165, 1.54) is 7.11 Å². The van der Waals surface area contributed by atoms with Gasteiger partial charge in [-0.05, 0) is 0 Å². The molecule has 0 aliphatic carbocycles. The van der Waals surface area contributed by atoms with Crippen molar-refractivity contribution in [3.8, 4) is 0 Å². The van der Waals surface area contributed by atoms with Crippen LogP contribution >= 0.6 is 0 Å². The first-order chi connectivity index (χ1) is 5.70. The van der Waals surface area contributed by atoms with Crippen LogP contribution in [0.15, 0.2) is 0 Å². The molecule has 0 saturated carbocycles. The third-order valence-corrected chi connectivity index (χ3v) is 1.61. The van der Waals surface area contributed by atoms with E-state index in [-0.39, 0.29) is 12.3 Å². The van der Waals surface area contributed by atoms with Crippen molar-refractivity contribution in [1.82, 2.24) is 10.4 Å². The molecule has 0 aromatic carbocycles. The van der Waals surface area contributed by atoms with Gasteiger partial charge < -0.3 is 4.74 Å². The van der Waals surface area contributed by atoms with Crippen LogP contribution in [-0.4, -0.2) is 36.4 Å². The molecule has 1 aliphatic rings. The van der Waals surface area contributed by atoms with Gasteiger partial charge in [-0.15, -0.1) is 0 Å². The lowest BCUT2D eigenvalue weighted by atomic mass is 10.1. The topological polar surface area (TPSA) is 75.7 Å².